The number of carbonyl (C=O) groups is 2. The van der Waals surface area contributed by atoms with Crippen LogP contribution in [-0.4, -0.2) is 49.4 Å². The summed E-state index contributed by atoms with van der Waals surface area (Å²) in [5, 5.41) is 5.96. The highest BCUT2D eigenvalue weighted by atomic mass is 16.2. The Hall–Kier alpha value is -1.10. The Bertz CT molecular complexity index is 262. The quantitative estimate of drug-likeness (QED) is 0.656. The molecule has 5 heteroatoms. The summed E-state index contributed by atoms with van der Waals surface area (Å²) in [7, 11) is 3.46. The lowest BCUT2D eigenvalue weighted by Crippen LogP contribution is -2.44. The molecule has 1 atom stereocenters. The molecular formula is C11H21N3O2. The van der Waals surface area contributed by atoms with Crippen LogP contribution in [0.5, 0.6) is 0 Å². The summed E-state index contributed by atoms with van der Waals surface area (Å²) in [6.45, 7) is 2.36. The predicted molar refractivity (Wildman–Crippen MR) is 61.9 cm³/mol. The first-order chi connectivity index (χ1) is 7.50. The third kappa shape index (κ3) is 4.61. The Balaban J connectivity index is 2.11. The van der Waals surface area contributed by atoms with E-state index < -0.39 is 0 Å². The molecule has 1 unspecified atom stereocenters. The summed E-state index contributed by atoms with van der Waals surface area (Å²) in [4.78, 5) is 24.4. The molecule has 1 aliphatic rings. The van der Waals surface area contributed by atoms with Crippen LogP contribution in [0.25, 0.3) is 0 Å². The van der Waals surface area contributed by atoms with Gasteiger partial charge < -0.3 is 15.5 Å². The van der Waals surface area contributed by atoms with Crippen LogP contribution in [0.15, 0.2) is 0 Å². The third-order valence-electron chi connectivity index (χ3n) is 2.61. The fourth-order valence-electron chi connectivity index (χ4n) is 1.27. The van der Waals surface area contributed by atoms with Crippen LogP contribution in [0.1, 0.15) is 26.2 Å². The lowest BCUT2D eigenvalue weighted by atomic mass is 10.3. The molecule has 2 amide bonds. The number of amides is 2. The van der Waals surface area contributed by atoms with Gasteiger partial charge >= 0.3 is 0 Å². The molecule has 16 heavy (non-hydrogen) atoms. The van der Waals surface area contributed by atoms with Crippen molar-refractivity contribution in [1.29, 1.82) is 0 Å². The van der Waals surface area contributed by atoms with E-state index in [0.29, 0.717) is 19.0 Å². The van der Waals surface area contributed by atoms with E-state index in [-0.39, 0.29) is 17.9 Å². The van der Waals surface area contributed by atoms with Gasteiger partial charge in [0.05, 0.1) is 6.04 Å². The van der Waals surface area contributed by atoms with Crippen molar-refractivity contribution in [3.63, 3.8) is 0 Å². The van der Waals surface area contributed by atoms with Crippen molar-refractivity contribution in [3.8, 4) is 0 Å². The molecule has 5 nitrogen and oxygen atoms in total. The second-order valence-electron chi connectivity index (χ2n) is 4.50. The first-order valence-electron chi connectivity index (χ1n) is 5.74. The zero-order valence-electron chi connectivity index (χ0n) is 10.2. The largest absolute Gasteiger partial charge is 0.352 e. The van der Waals surface area contributed by atoms with Gasteiger partial charge in [-0.05, 0) is 19.8 Å². The van der Waals surface area contributed by atoms with Gasteiger partial charge in [0, 0.05) is 33.1 Å². The standard InChI is InChI=1S/C11H21N3O2/c1-8(11(16)13-9-4-5-9)12-7-6-10(15)14(2)3/h8-9,12H,4-7H2,1-3H3,(H,13,16). The van der Waals surface area contributed by atoms with Crippen LogP contribution in [0.3, 0.4) is 0 Å². The van der Waals surface area contributed by atoms with Crippen molar-refractivity contribution in [2.75, 3.05) is 20.6 Å². The average molecular weight is 227 g/mol. The molecule has 1 saturated carbocycles. The SMILES string of the molecule is CC(NCCC(=O)N(C)C)C(=O)NC1CC1. The second-order valence-corrected chi connectivity index (χ2v) is 4.50. The number of nitrogens with one attached hydrogen (secondary N) is 2. The van der Waals surface area contributed by atoms with Gasteiger partial charge in [-0.3, -0.25) is 9.59 Å². The van der Waals surface area contributed by atoms with Crippen LogP contribution >= 0.6 is 0 Å². The number of hydrogen-bond acceptors (Lipinski definition) is 3. The topological polar surface area (TPSA) is 61.4 Å². The molecule has 0 spiro atoms. The number of hydrogen-bond donors (Lipinski definition) is 2. The molecule has 0 radical (unpaired) electrons. The molecule has 0 aromatic heterocycles. The lowest BCUT2D eigenvalue weighted by molar-refractivity contribution is -0.129. The van der Waals surface area contributed by atoms with Crippen LogP contribution < -0.4 is 10.6 Å². The van der Waals surface area contributed by atoms with Crippen molar-refractivity contribution in [2.45, 2.75) is 38.3 Å². The number of rotatable bonds is 6. The van der Waals surface area contributed by atoms with Crippen molar-refractivity contribution in [2.24, 2.45) is 0 Å². The van der Waals surface area contributed by atoms with E-state index in [1.807, 2.05) is 6.92 Å². The summed E-state index contributed by atoms with van der Waals surface area (Å²) in [6, 6.07) is 0.163. The minimum Gasteiger partial charge on any atom is -0.352 e. The van der Waals surface area contributed by atoms with Crippen molar-refractivity contribution in [1.82, 2.24) is 15.5 Å². The van der Waals surface area contributed by atoms with Gasteiger partial charge in [0.2, 0.25) is 11.8 Å². The minimum atomic E-state index is -0.226. The van der Waals surface area contributed by atoms with E-state index >= 15 is 0 Å². The molecular weight excluding hydrogens is 206 g/mol. The Morgan fingerprint density at radius 1 is 1.38 bits per heavy atom. The summed E-state index contributed by atoms with van der Waals surface area (Å²) < 4.78 is 0. The summed E-state index contributed by atoms with van der Waals surface area (Å²) >= 11 is 0. The second kappa shape index (κ2) is 5.84. The molecule has 1 aliphatic carbocycles. The summed E-state index contributed by atoms with van der Waals surface area (Å²) in [6.07, 6.45) is 2.61. The molecule has 0 saturated heterocycles. The average Bonchev–Trinajstić information content (AvgIpc) is 3.00. The molecule has 0 aliphatic heterocycles. The fraction of sp³-hybridized carbons (Fsp3) is 0.818. The molecule has 1 rings (SSSR count). The fourth-order valence-corrected chi connectivity index (χ4v) is 1.27. The normalized spacial score (nSPS) is 16.7. The van der Waals surface area contributed by atoms with Crippen molar-refractivity contribution in [3.05, 3.63) is 0 Å². The van der Waals surface area contributed by atoms with E-state index in [1.54, 1.807) is 19.0 Å². The maximum absolute atomic E-state index is 11.5. The van der Waals surface area contributed by atoms with E-state index in [2.05, 4.69) is 10.6 Å². The molecule has 0 aromatic carbocycles. The highest BCUT2D eigenvalue weighted by molar-refractivity contribution is 5.82. The van der Waals surface area contributed by atoms with Gasteiger partial charge in [-0.1, -0.05) is 0 Å². The van der Waals surface area contributed by atoms with E-state index in [1.165, 1.54) is 0 Å². The van der Waals surface area contributed by atoms with Gasteiger partial charge in [0.1, 0.15) is 0 Å². The molecule has 0 aromatic rings. The minimum absolute atomic E-state index is 0.0276. The number of carbonyl (C=O) groups excluding carboxylic acids is 2. The first-order valence-corrected chi connectivity index (χ1v) is 5.74. The highest BCUT2D eigenvalue weighted by Gasteiger charge is 2.25. The van der Waals surface area contributed by atoms with Gasteiger partial charge in [0.25, 0.3) is 0 Å². The third-order valence-corrected chi connectivity index (χ3v) is 2.61. The molecule has 2 N–H and O–H groups in total. The summed E-state index contributed by atoms with van der Waals surface area (Å²) in [5.74, 6) is 0.0992. The van der Waals surface area contributed by atoms with Gasteiger partial charge in [-0.2, -0.15) is 0 Å². The van der Waals surface area contributed by atoms with Crippen LogP contribution in [0.4, 0.5) is 0 Å². The van der Waals surface area contributed by atoms with E-state index in [9.17, 15) is 9.59 Å². The zero-order valence-corrected chi connectivity index (χ0v) is 10.2. The summed E-state index contributed by atoms with van der Waals surface area (Å²) in [5.41, 5.74) is 0. The van der Waals surface area contributed by atoms with Crippen molar-refractivity contribution < 1.29 is 9.59 Å². The Morgan fingerprint density at radius 3 is 2.50 bits per heavy atom. The van der Waals surface area contributed by atoms with Gasteiger partial charge in [-0.15, -0.1) is 0 Å². The van der Waals surface area contributed by atoms with E-state index in [4.69, 9.17) is 0 Å². The maximum atomic E-state index is 11.5. The Kier molecular flexibility index (Phi) is 4.73. The van der Waals surface area contributed by atoms with Crippen LogP contribution in [-0.2, 0) is 9.59 Å². The monoisotopic (exact) mass is 227 g/mol. The van der Waals surface area contributed by atoms with Crippen molar-refractivity contribution >= 4 is 11.8 Å². The number of nitrogens with zero attached hydrogens (tertiary/aromatic N) is 1. The molecule has 0 heterocycles. The van der Waals surface area contributed by atoms with Crippen LogP contribution in [0.2, 0.25) is 0 Å². The maximum Gasteiger partial charge on any atom is 0.237 e. The highest BCUT2D eigenvalue weighted by Crippen LogP contribution is 2.18. The Morgan fingerprint density at radius 2 is 2.00 bits per heavy atom. The van der Waals surface area contributed by atoms with Gasteiger partial charge in [-0.25, -0.2) is 0 Å². The molecule has 1 fully saturated rings. The van der Waals surface area contributed by atoms with Crippen LogP contribution in [0, 0.1) is 0 Å². The predicted octanol–water partition coefficient (Wildman–Crippen LogP) is -0.279. The Labute approximate surface area is 96.6 Å². The lowest BCUT2D eigenvalue weighted by Gasteiger charge is -2.15. The first kappa shape index (κ1) is 13.0. The molecule has 0 bridgehead atoms. The van der Waals surface area contributed by atoms with Gasteiger partial charge in [0.15, 0.2) is 0 Å². The zero-order chi connectivity index (χ0) is 12.1. The molecule has 92 valence electrons. The van der Waals surface area contributed by atoms with E-state index in [0.717, 1.165) is 12.8 Å². The smallest absolute Gasteiger partial charge is 0.237 e.